The molecule has 1 heterocycles. The van der Waals surface area contributed by atoms with Gasteiger partial charge in [-0.3, -0.25) is 0 Å². The maximum absolute atomic E-state index is 5.10. The van der Waals surface area contributed by atoms with Gasteiger partial charge < -0.3 is 10.1 Å². The molecule has 0 bridgehead atoms. The number of benzene rings is 1. The van der Waals surface area contributed by atoms with E-state index >= 15 is 0 Å². The van der Waals surface area contributed by atoms with Crippen LogP contribution in [0.5, 0.6) is 5.88 Å². The van der Waals surface area contributed by atoms with Gasteiger partial charge >= 0.3 is 0 Å². The van der Waals surface area contributed by atoms with E-state index in [4.69, 9.17) is 4.74 Å². The number of aromatic nitrogens is 2. The van der Waals surface area contributed by atoms with Gasteiger partial charge in [-0.2, -0.15) is 0 Å². The Labute approximate surface area is 94.3 Å². The van der Waals surface area contributed by atoms with Crippen LogP contribution in [0, 0.1) is 0 Å². The third-order valence-corrected chi connectivity index (χ3v) is 2.16. The lowest BCUT2D eigenvalue weighted by molar-refractivity contribution is 0.398. The van der Waals surface area contributed by atoms with Crippen molar-refractivity contribution in [2.24, 2.45) is 0 Å². The van der Waals surface area contributed by atoms with Gasteiger partial charge in [-0.25, -0.2) is 9.97 Å². The summed E-state index contributed by atoms with van der Waals surface area (Å²) in [5.41, 5.74) is 1.19. The monoisotopic (exact) mass is 215 g/mol. The van der Waals surface area contributed by atoms with E-state index in [2.05, 4.69) is 27.4 Å². The number of nitrogens with one attached hydrogen (secondary N) is 1. The van der Waals surface area contributed by atoms with E-state index in [0.717, 1.165) is 0 Å². The Morgan fingerprint density at radius 1 is 1.12 bits per heavy atom. The molecule has 82 valence electrons. The van der Waals surface area contributed by atoms with Crippen LogP contribution in [-0.4, -0.2) is 17.1 Å². The first-order valence-electron chi connectivity index (χ1n) is 5.03. The van der Waals surface area contributed by atoms with Crippen LogP contribution in [0.1, 0.15) is 5.56 Å². The van der Waals surface area contributed by atoms with Crippen molar-refractivity contribution >= 4 is 5.82 Å². The minimum absolute atomic E-state index is 0.512. The summed E-state index contributed by atoms with van der Waals surface area (Å²) in [6, 6.07) is 10.1. The molecule has 0 aliphatic rings. The molecule has 0 saturated heterocycles. The van der Waals surface area contributed by atoms with E-state index in [-0.39, 0.29) is 0 Å². The lowest BCUT2D eigenvalue weighted by atomic mass is 10.2. The summed E-state index contributed by atoms with van der Waals surface area (Å²) < 4.78 is 5.10. The maximum atomic E-state index is 5.10. The number of hydrogen-bond donors (Lipinski definition) is 1. The van der Waals surface area contributed by atoms with Crippen molar-refractivity contribution in [3.05, 3.63) is 48.3 Å². The quantitative estimate of drug-likeness (QED) is 0.848. The molecule has 2 aromatic rings. The summed E-state index contributed by atoms with van der Waals surface area (Å²) in [5.74, 6) is 1.17. The molecule has 16 heavy (non-hydrogen) atoms. The van der Waals surface area contributed by atoms with Crippen molar-refractivity contribution in [3.63, 3.8) is 0 Å². The van der Waals surface area contributed by atoms with Crippen molar-refractivity contribution < 1.29 is 4.74 Å². The molecule has 0 radical (unpaired) electrons. The Balaban J connectivity index is 2.05. The Bertz CT molecular complexity index is 445. The Morgan fingerprint density at radius 3 is 2.62 bits per heavy atom. The number of nitrogens with zero attached hydrogens (tertiary/aromatic N) is 2. The maximum Gasteiger partial charge on any atom is 0.257 e. The molecule has 1 aromatic heterocycles. The molecular formula is C12H13N3O. The van der Waals surface area contributed by atoms with Crippen molar-refractivity contribution in [2.45, 2.75) is 6.54 Å². The molecule has 0 aliphatic heterocycles. The van der Waals surface area contributed by atoms with Gasteiger partial charge in [-0.1, -0.05) is 30.3 Å². The third kappa shape index (κ3) is 2.48. The van der Waals surface area contributed by atoms with Crippen LogP contribution in [-0.2, 0) is 6.54 Å². The first-order chi connectivity index (χ1) is 7.90. The fourth-order valence-electron chi connectivity index (χ4n) is 1.38. The second-order valence-electron chi connectivity index (χ2n) is 3.25. The predicted octanol–water partition coefficient (Wildman–Crippen LogP) is 2.10. The average Bonchev–Trinajstić information content (AvgIpc) is 2.38. The zero-order chi connectivity index (χ0) is 11.2. The third-order valence-electron chi connectivity index (χ3n) is 2.16. The minimum Gasteiger partial charge on any atom is -0.478 e. The number of anilines is 1. The van der Waals surface area contributed by atoms with E-state index in [0.29, 0.717) is 18.2 Å². The van der Waals surface area contributed by atoms with Gasteiger partial charge in [0.05, 0.1) is 7.11 Å². The number of hydrogen-bond acceptors (Lipinski definition) is 4. The smallest absolute Gasteiger partial charge is 0.257 e. The van der Waals surface area contributed by atoms with E-state index in [1.54, 1.807) is 19.5 Å². The standard InChI is InChI=1S/C12H13N3O/c1-16-12-11(13-7-8-14-12)15-9-10-5-3-2-4-6-10/h2-8H,9H2,1H3,(H,13,15). The molecule has 4 nitrogen and oxygen atoms in total. The van der Waals surface area contributed by atoms with Gasteiger partial charge in [0.25, 0.3) is 5.88 Å². The first-order valence-corrected chi connectivity index (χ1v) is 5.03. The van der Waals surface area contributed by atoms with Crippen LogP contribution in [0.15, 0.2) is 42.7 Å². The van der Waals surface area contributed by atoms with Gasteiger partial charge in [0.15, 0.2) is 5.82 Å². The second kappa shape index (κ2) is 5.11. The SMILES string of the molecule is COc1nccnc1NCc1ccccc1. The topological polar surface area (TPSA) is 47.0 Å². The van der Waals surface area contributed by atoms with Gasteiger partial charge in [0, 0.05) is 18.9 Å². The Kier molecular flexibility index (Phi) is 3.33. The Morgan fingerprint density at radius 2 is 1.88 bits per heavy atom. The molecule has 4 heteroatoms. The largest absolute Gasteiger partial charge is 0.478 e. The van der Waals surface area contributed by atoms with Crippen molar-refractivity contribution in [1.82, 2.24) is 9.97 Å². The van der Waals surface area contributed by atoms with Gasteiger partial charge in [-0.15, -0.1) is 0 Å². The minimum atomic E-state index is 0.512. The average molecular weight is 215 g/mol. The molecule has 1 N–H and O–H groups in total. The molecule has 2 rings (SSSR count). The second-order valence-corrected chi connectivity index (χ2v) is 3.25. The van der Waals surface area contributed by atoms with E-state index in [9.17, 15) is 0 Å². The number of methoxy groups -OCH3 is 1. The van der Waals surface area contributed by atoms with Gasteiger partial charge in [-0.05, 0) is 5.56 Å². The molecule has 0 fully saturated rings. The summed E-state index contributed by atoms with van der Waals surface area (Å²) in [6.07, 6.45) is 3.24. The summed E-state index contributed by atoms with van der Waals surface area (Å²) in [6.45, 7) is 0.704. The molecule has 0 unspecified atom stereocenters. The molecule has 0 aliphatic carbocycles. The fraction of sp³-hybridized carbons (Fsp3) is 0.167. The summed E-state index contributed by atoms with van der Waals surface area (Å²) in [4.78, 5) is 8.23. The van der Waals surface area contributed by atoms with Crippen LogP contribution in [0.2, 0.25) is 0 Å². The summed E-state index contributed by atoms with van der Waals surface area (Å²) in [5, 5.41) is 3.18. The molecule has 0 amide bonds. The molecular weight excluding hydrogens is 202 g/mol. The molecule has 0 spiro atoms. The predicted molar refractivity (Wildman–Crippen MR) is 62.4 cm³/mol. The highest BCUT2D eigenvalue weighted by atomic mass is 16.5. The fourth-order valence-corrected chi connectivity index (χ4v) is 1.38. The van der Waals surface area contributed by atoms with Crippen LogP contribution in [0.25, 0.3) is 0 Å². The molecule has 1 aromatic carbocycles. The summed E-state index contributed by atoms with van der Waals surface area (Å²) in [7, 11) is 1.58. The lowest BCUT2D eigenvalue weighted by Gasteiger charge is -2.08. The van der Waals surface area contributed by atoms with E-state index in [1.807, 2.05) is 18.2 Å². The first kappa shape index (κ1) is 10.4. The van der Waals surface area contributed by atoms with Crippen molar-refractivity contribution in [3.8, 4) is 5.88 Å². The van der Waals surface area contributed by atoms with Crippen molar-refractivity contribution in [2.75, 3.05) is 12.4 Å². The molecule has 0 atom stereocenters. The van der Waals surface area contributed by atoms with Gasteiger partial charge in [0.2, 0.25) is 0 Å². The van der Waals surface area contributed by atoms with E-state index in [1.165, 1.54) is 5.56 Å². The Hall–Kier alpha value is -2.10. The van der Waals surface area contributed by atoms with E-state index < -0.39 is 0 Å². The highest BCUT2D eigenvalue weighted by Gasteiger charge is 2.03. The van der Waals surface area contributed by atoms with Gasteiger partial charge in [0.1, 0.15) is 0 Å². The van der Waals surface area contributed by atoms with Crippen LogP contribution in [0.4, 0.5) is 5.82 Å². The van der Waals surface area contributed by atoms with Crippen LogP contribution >= 0.6 is 0 Å². The molecule has 0 saturated carbocycles. The van der Waals surface area contributed by atoms with Crippen molar-refractivity contribution in [1.29, 1.82) is 0 Å². The normalized spacial score (nSPS) is 9.81. The number of ether oxygens (including phenoxy) is 1. The zero-order valence-corrected chi connectivity index (χ0v) is 9.05. The zero-order valence-electron chi connectivity index (χ0n) is 9.05. The summed E-state index contributed by atoms with van der Waals surface area (Å²) >= 11 is 0. The van der Waals surface area contributed by atoms with Crippen LogP contribution < -0.4 is 10.1 Å². The number of rotatable bonds is 4. The lowest BCUT2D eigenvalue weighted by Crippen LogP contribution is -2.04. The highest BCUT2D eigenvalue weighted by Crippen LogP contribution is 2.17. The van der Waals surface area contributed by atoms with Crippen LogP contribution in [0.3, 0.4) is 0 Å². The highest BCUT2D eigenvalue weighted by molar-refractivity contribution is 5.44.